The maximum atomic E-state index is 9.37. The topological polar surface area (TPSA) is 23.5 Å². The SMILES string of the molecule is C=C(O)[C@H]1CC2(CCN1C)CC2. The maximum absolute atomic E-state index is 9.37. The molecule has 68 valence electrons. The Balaban J connectivity index is 2.05. The molecular formula is C10H17NO. The van der Waals surface area contributed by atoms with Gasteiger partial charge in [0.1, 0.15) is 5.76 Å². The lowest BCUT2D eigenvalue weighted by Gasteiger charge is -2.36. The number of nitrogens with zero attached hydrogens (tertiary/aromatic N) is 1. The van der Waals surface area contributed by atoms with Gasteiger partial charge < -0.3 is 5.11 Å². The second-order valence-corrected chi connectivity index (χ2v) is 4.44. The van der Waals surface area contributed by atoms with Gasteiger partial charge in [0.2, 0.25) is 0 Å². The highest BCUT2D eigenvalue weighted by atomic mass is 16.3. The first-order valence-electron chi connectivity index (χ1n) is 4.71. The Morgan fingerprint density at radius 2 is 2.17 bits per heavy atom. The zero-order valence-electron chi connectivity index (χ0n) is 7.71. The number of piperidine rings is 1. The van der Waals surface area contributed by atoms with Gasteiger partial charge in [0, 0.05) is 0 Å². The van der Waals surface area contributed by atoms with Crippen molar-refractivity contribution in [2.24, 2.45) is 5.41 Å². The molecule has 12 heavy (non-hydrogen) atoms. The van der Waals surface area contributed by atoms with E-state index in [0.717, 1.165) is 13.0 Å². The Kier molecular flexibility index (Phi) is 1.69. The number of rotatable bonds is 1. The van der Waals surface area contributed by atoms with E-state index in [2.05, 4.69) is 18.5 Å². The van der Waals surface area contributed by atoms with Gasteiger partial charge in [-0.05, 0) is 44.7 Å². The Hall–Kier alpha value is -0.500. The first-order chi connectivity index (χ1) is 5.63. The van der Waals surface area contributed by atoms with E-state index in [1.54, 1.807) is 0 Å². The third-order valence-electron chi connectivity index (χ3n) is 3.50. The van der Waals surface area contributed by atoms with Gasteiger partial charge in [0.15, 0.2) is 0 Å². The predicted molar refractivity (Wildman–Crippen MR) is 49.1 cm³/mol. The van der Waals surface area contributed by atoms with Gasteiger partial charge >= 0.3 is 0 Å². The van der Waals surface area contributed by atoms with Crippen molar-refractivity contribution >= 4 is 0 Å². The molecule has 1 saturated heterocycles. The third-order valence-corrected chi connectivity index (χ3v) is 3.50. The van der Waals surface area contributed by atoms with Crippen molar-refractivity contribution in [1.82, 2.24) is 4.90 Å². The maximum Gasteiger partial charge on any atom is 0.102 e. The van der Waals surface area contributed by atoms with Crippen LogP contribution in [0.3, 0.4) is 0 Å². The van der Waals surface area contributed by atoms with Gasteiger partial charge in [-0.2, -0.15) is 0 Å². The van der Waals surface area contributed by atoms with E-state index in [-0.39, 0.29) is 6.04 Å². The summed E-state index contributed by atoms with van der Waals surface area (Å²) in [7, 11) is 2.07. The first kappa shape index (κ1) is 8.11. The number of aliphatic hydroxyl groups excluding tert-OH is 1. The fourth-order valence-corrected chi connectivity index (χ4v) is 2.24. The van der Waals surface area contributed by atoms with Gasteiger partial charge in [-0.1, -0.05) is 6.58 Å². The average molecular weight is 167 g/mol. The van der Waals surface area contributed by atoms with Crippen LogP contribution in [0.25, 0.3) is 0 Å². The molecule has 0 unspecified atom stereocenters. The average Bonchev–Trinajstić information content (AvgIpc) is 2.76. The first-order valence-corrected chi connectivity index (χ1v) is 4.71. The Morgan fingerprint density at radius 1 is 1.50 bits per heavy atom. The lowest BCUT2D eigenvalue weighted by Crippen LogP contribution is -2.41. The van der Waals surface area contributed by atoms with Gasteiger partial charge in [0.05, 0.1) is 6.04 Å². The Bertz CT molecular complexity index is 208. The van der Waals surface area contributed by atoms with E-state index in [1.165, 1.54) is 19.3 Å². The summed E-state index contributed by atoms with van der Waals surface area (Å²) in [6, 6.07) is 0.223. The van der Waals surface area contributed by atoms with Crippen LogP contribution in [0.4, 0.5) is 0 Å². The molecule has 2 nitrogen and oxygen atoms in total. The second-order valence-electron chi connectivity index (χ2n) is 4.44. The van der Waals surface area contributed by atoms with Gasteiger partial charge in [-0.25, -0.2) is 0 Å². The van der Waals surface area contributed by atoms with Crippen molar-refractivity contribution in [3.8, 4) is 0 Å². The molecule has 1 N–H and O–H groups in total. The number of likely N-dealkylation sites (N-methyl/N-ethyl adjacent to an activating group) is 1. The predicted octanol–water partition coefficient (Wildman–Crippen LogP) is 1.93. The number of hydrogen-bond donors (Lipinski definition) is 1. The third kappa shape index (κ3) is 1.24. The Morgan fingerprint density at radius 3 is 2.67 bits per heavy atom. The normalized spacial score (nSPS) is 33.6. The molecule has 1 saturated carbocycles. The fraction of sp³-hybridized carbons (Fsp3) is 0.800. The van der Waals surface area contributed by atoms with E-state index in [1.807, 2.05) is 0 Å². The van der Waals surface area contributed by atoms with Crippen molar-refractivity contribution < 1.29 is 5.11 Å². The molecule has 1 aliphatic heterocycles. The van der Waals surface area contributed by atoms with Crippen LogP contribution in [0.15, 0.2) is 12.3 Å². The number of hydrogen-bond acceptors (Lipinski definition) is 2. The number of likely N-dealkylation sites (tertiary alicyclic amines) is 1. The van der Waals surface area contributed by atoms with E-state index in [0.29, 0.717) is 11.2 Å². The van der Waals surface area contributed by atoms with Crippen molar-refractivity contribution in [2.45, 2.75) is 31.7 Å². The van der Waals surface area contributed by atoms with E-state index in [4.69, 9.17) is 0 Å². The van der Waals surface area contributed by atoms with Gasteiger partial charge in [0.25, 0.3) is 0 Å². The molecule has 1 atom stereocenters. The molecule has 0 bridgehead atoms. The molecule has 2 aliphatic rings. The minimum absolute atomic E-state index is 0.223. The van der Waals surface area contributed by atoms with Crippen molar-refractivity contribution in [3.63, 3.8) is 0 Å². The fourth-order valence-electron chi connectivity index (χ4n) is 2.24. The molecule has 2 rings (SSSR count). The quantitative estimate of drug-likeness (QED) is 0.603. The van der Waals surface area contributed by atoms with E-state index < -0.39 is 0 Å². The summed E-state index contributed by atoms with van der Waals surface area (Å²) in [4.78, 5) is 2.21. The molecule has 1 heterocycles. The summed E-state index contributed by atoms with van der Waals surface area (Å²) >= 11 is 0. The van der Waals surface area contributed by atoms with Crippen LogP contribution in [-0.4, -0.2) is 29.6 Å². The standard InChI is InChI=1S/C10H17NO/c1-8(12)9-7-10(3-4-10)5-6-11(9)2/h9,12H,1,3-7H2,2H3/t9-/m1/s1. The molecule has 0 aromatic carbocycles. The van der Waals surface area contributed by atoms with E-state index in [9.17, 15) is 5.11 Å². The molecule has 2 fully saturated rings. The molecule has 0 radical (unpaired) electrons. The summed E-state index contributed by atoms with van der Waals surface area (Å²) in [6.07, 6.45) is 5.17. The van der Waals surface area contributed by atoms with Gasteiger partial charge in [-0.15, -0.1) is 0 Å². The van der Waals surface area contributed by atoms with Crippen LogP contribution in [0.1, 0.15) is 25.7 Å². The molecular weight excluding hydrogens is 150 g/mol. The summed E-state index contributed by atoms with van der Waals surface area (Å²) in [6.45, 7) is 4.75. The summed E-state index contributed by atoms with van der Waals surface area (Å²) in [5, 5.41) is 9.37. The highest BCUT2D eigenvalue weighted by Crippen LogP contribution is 2.55. The molecule has 1 aliphatic carbocycles. The monoisotopic (exact) mass is 167 g/mol. The van der Waals surface area contributed by atoms with Crippen LogP contribution < -0.4 is 0 Å². The minimum Gasteiger partial charge on any atom is -0.511 e. The zero-order chi connectivity index (χ0) is 8.77. The van der Waals surface area contributed by atoms with Crippen LogP contribution in [0.5, 0.6) is 0 Å². The molecule has 0 aromatic heterocycles. The minimum atomic E-state index is 0.223. The summed E-state index contributed by atoms with van der Waals surface area (Å²) < 4.78 is 0. The van der Waals surface area contributed by atoms with E-state index >= 15 is 0 Å². The second kappa shape index (κ2) is 2.49. The lowest BCUT2D eigenvalue weighted by atomic mass is 9.88. The lowest BCUT2D eigenvalue weighted by molar-refractivity contribution is 0.120. The molecule has 1 spiro atoms. The van der Waals surface area contributed by atoms with Crippen molar-refractivity contribution in [3.05, 3.63) is 12.3 Å². The highest BCUT2D eigenvalue weighted by molar-refractivity contribution is 5.07. The van der Waals surface area contributed by atoms with Crippen LogP contribution in [-0.2, 0) is 0 Å². The zero-order valence-corrected chi connectivity index (χ0v) is 7.71. The summed E-state index contributed by atoms with van der Waals surface area (Å²) in [5.74, 6) is 0.350. The smallest absolute Gasteiger partial charge is 0.102 e. The summed E-state index contributed by atoms with van der Waals surface area (Å²) in [5.41, 5.74) is 0.600. The van der Waals surface area contributed by atoms with Crippen LogP contribution in [0, 0.1) is 5.41 Å². The van der Waals surface area contributed by atoms with Crippen molar-refractivity contribution in [2.75, 3.05) is 13.6 Å². The van der Waals surface area contributed by atoms with Gasteiger partial charge in [-0.3, -0.25) is 4.90 Å². The van der Waals surface area contributed by atoms with Crippen molar-refractivity contribution in [1.29, 1.82) is 0 Å². The highest BCUT2D eigenvalue weighted by Gasteiger charge is 2.47. The largest absolute Gasteiger partial charge is 0.511 e. The van der Waals surface area contributed by atoms with Crippen LogP contribution >= 0.6 is 0 Å². The van der Waals surface area contributed by atoms with Crippen LogP contribution in [0.2, 0.25) is 0 Å². The number of aliphatic hydroxyl groups is 1. The Labute approximate surface area is 73.9 Å². The molecule has 2 heteroatoms. The molecule has 0 aromatic rings. The molecule has 0 amide bonds.